The van der Waals surface area contributed by atoms with Crippen molar-refractivity contribution in [1.29, 1.82) is 0 Å². The zero-order chi connectivity index (χ0) is 14.8. The van der Waals surface area contributed by atoms with Crippen LogP contribution in [0.5, 0.6) is 0 Å². The van der Waals surface area contributed by atoms with Crippen LogP contribution in [0.25, 0.3) is 0 Å². The van der Waals surface area contributed by atoms with Crippen molar-refractivity contribution in [1.82, 2.24) is 4.90 Å². The first-order chi connectivity index (χ1) is 9.70. The molecule has 0 aromatic heterocycles. The zero-order valence-electron chi connectivity index (χ0n) is 12.5. The van der Waals surface area contributed by atoms with Gasteiger partial charge in [0.05, 0.1) is 25.7 Å². The minimum atomic E-state index is -0.769. The van der Waals surface area contributed by atoms with Gasteiger partial charge in [-0.15, -0.1) is 0 Å². The van der Waals surface area contributed by atoms with Crippen molar-refractivity contribution in [3.8, 4) is 0 Å². The minimum Gasteiger partial charge on any atom is -0.481 e. The molecule has 0 radical (unpaired) electrons. The molecule has 118 valence electrons. The van der Waals surface area contributed by atoms with E-state index in [0.29, 0.717) is 33.0 Å². The SMILES string of the molecule is CCCN(CCOCCCOC)C1COCC1C(=O)O. The average molecular weight is 289 g/mol. The fraction of sp³-hybridized carbons (Fsp3) is 0.929. The lowest BCUT2D eigenvalue weighted by Crippen LogP contribution is -2.45. The van der Waals surface area contributed by atoms with Gasteiger partial charge >= 0.3 is 5.97 Å². The maximum absolute atomic E-state index is 11.2. The number of hydrogen-bond donors (Lipinski definition) is 1. The van der Waals surface area contributed by atoms with Gasteiger partial charge in [-0.05, 0) is 19.4 Å². The number of carboxylic acid groups (broad SMARTS) is 1. The van der Waals surface area contributed by atoms with Crippen LogP contribution in [0.15, 0.2) is 0 Å². The van der Waals surface area contributed by atoms with E-state index in [4.69, 9.17) is 14.2 Å². The fourth-order valence-corrected chi connectivity index (χ4v) is 2.46. The second kappa shape index (κ2) is 10.1. The van der Waals surface area contributed by atoms with Gasteiger partial charge in [0.15, 0.2) is 0 Å². The molecular weight excluding hydrogens is 262 g/mol. The number of methoxy groups -OCH3 is 1. The molecule has 6 nitrogen and oxygen atoms in total. The first-order valence-corrected chi connectivity index (χ1v) is 7.32. The van der Waals surface area contributed by atoms with Crippen LogP contribution in [0, 0.1) is 5.92 Å². The highest BCUT2D eigenvalue weighted by molar-refractivity contribution is 5.71. The lowest BCUT2D eigenvalue weighted by atomic mass is 10.0. The lowest BCUT2D eigenvalue weighted by Gasteiger charge is -2.29. The average Bonchev–Trinajstić information content (AvgIpc) is 2.90. The summed E-state index contributed by atoms with van der Waals surface area (Å²) in [5.74, 6) is -1.19. The first kappa shape index (κ1) is 17.4. The van der Waals surface area contributed by atoms with E-state index in [1.54, 1.807) is 7.11 Å². The van der Waals surface area contributed by atoms with E-state index in [1.807, 2.05) is 0 Å². The van der Waals surface area contributed by atoms with Crippen LogP contribution < -0.4 is 0 Å². The van der Waals surface area contributed by atoms with E-state index in [0.717, 1.165) is 25.9 Å². The lowest BCUT2D eigenvalue weighted by molar-refractivity contribution is -0.143. The standard InChI is InChI=1S/C14H27NO5/c1-3-5-15(6-9-19-8-4-7-18-2)13-11-20-10-12(13)14(16)17/h12-13H,3-11H2,1-2H3,(H,16,17). The second-order valence-corrected chi connectivity index (χ2v) is 5.04. The van der Waals surface area contributed by atoms with E-state index in [1.165, 1.54) is 0 Å². The van der Waals surface area contributed by atoms with Crippen LogP contribution in [0.2, 0.25) is 0 Å². The quantitative estimate of drug-likeness (QED) is 0.569. The van der Waals surface area contributed by atoms with Gasteiger partial charge in [0.1, 0.15) is 0 Å². The van der Waals surface area contributed by atoms with E-state index in [-0.39, 0.29) is 6.04 Å². The Balaban J connectivity index is 2.33. The summed E-state index contributed by atoms with van der Waals surface area (Å²) < 4.78 is 15.9. The topological polar surface area (TPSA) is 68.2 Å². The molecule has 0 aliphatic carbocycles. The molecule has 0 aromatic carbocycles. The van der Waals surface area contributed by atoms with Crippen LogP contribution in [-0.4, -0.2) is 75.3 Å². The van der Waals surface area contributed by atoms with Crippen molar-refractivity contribution < 1.29 is 24.1 Å². The van der Waals surface area contributed by atoms with Crippen LogP contribution in [-0.2, 0) is 19.0 Å². The summed E-state index contributed by atoms with van der Waals surface area (Å²) >= 11 is 0. The maximum atomic E-state index is 11.2. The van der Waals surface area contributed by atoms with Gasteiger partial charge < -0.3 is 19.3 Å². The van der Waals surface area contributed by atoms with Crippen molar-refractivity contribution in [2.75, 3.05) is 53.2 Å². The molecule has 0 bridgehead atoms. The summed E-state index contributed by atoms with van der Waals surface area (Å²) in [5, 5.41) is 9.22. The van der Waals surface area contributed by atoms with Gasteiger partial charge in [0.25, 0.3) is 0 Å². The van der Waals surface area contributed by atoms with Gasteiger partial charge in [0.2, 0.25) is 0 Å². The first-order valence-electron chi connectivity index (χ1n) is 7.32. The second-order valence-electron chi connectivity index (χ2n) is 5.04. The Labute approximate surface area is 121 Å². The minimum absolute atomic E-state index is 0.0324. The molecule has 1 heterocycles. The molecule has 1 rings (SSSR count). The molecule has 1 saturated heterocycles. The maximum Gasteiger partial charge on any atom is 0.310 e. The molecule has 0 amide bonds. The number of rotatable bonds is 11. The number of aliphatic carboxylic acids is 1. The van der Waals surface area contributed by atoms with E-state index >= 15 is 0 Å². The Morgan fingerprint density at radius 2 is 2.10 bits per heavy atom. The largest absolute Gasteiger partial charge is 0.481 e. The molecule has 0 spiro atoms. The highest BCUT2D eigenvalue weighted by atomic mass is 16.5. The molecular formula is C14H27NO5. The third-order valence-electron chi connectivity index (χ3n) is 3.51. The molecule has 1 N–H and O–H groups in total. The van der Waals surface area contributed by atoms with Gasteiger partial charge in [-0.2, -0.15) is 0 Å². The Kier molecular flexibility index (Phi) is 8.77. The number of ether oxygens (including phenoxy) is 3. The molecule has 1 aliphatic heterocycles. The van der Waals surface area contributed by atoms with E-state index in [9.17, 15) is 9.90 Å². The highest BCUT2D eigenvalue weighted by Crippen LogP contribution is 2.20. The Morgan fingerprint density at radius 1 is 1.30 bits per heavy atom. The Hall–Kier alpha value is -0.690. The monoisotopic (exact) mass is 289 g/mol. The summed E-state index contributed by atoms with van der Waals surface area (Å²) in [6.07, 6.45) is 1.88. The predicted molar refractivity (Wildman–Crippen MR) is 74.9 cm³/mol. The zero-order valence-corrected chi connectivity index (χ0v) is 12.5. The smallest absolute Gasteiger partial charge is 0.310 e. The third kappa shape index (κ3) is 5.75. The van der Waals surface area contributed by atoms with Crippen molar-refractivity contribution in [3.63, 3.8) is 0 Å². The highest BCUT2D eigenvalue weighted by Gasteiger charge is 2.37. The van der Waals surface area contributed by atoms with Crippen LogP contribution in [0.3, 0.4) is 0 Å². The molecule has 0 aromatic rings. The van der Waals surface area contributed by atoms with Crippen molar-refractivity contribution in [3.05, 3.63) is 0 Å². The molecule has 0 saturated carbocycles. The van der Waals surface area contributed by atoms with Crippen LogP contribution in [0.1, 0.15) is 19.8 Å². The van der Waals surface area contributed by atoms with E-state index in [2.05, 4.69) is 11.8 Å². The van der Waals surface area contributed by atoms with Gasteiger partial charge in [-0.3, -0.25) is 9.69 Å². The summed E-state index contributed by atoms with van der Waals surface area (Å²) in [5.41, 5.74) is 0. The number of hydrogen-bond acceptors (Lipinski definition) is 5. The van der Waals surface area contributed by atoms with Crippen molar-refractivity contribution in [2.24, 2.45) is 5.92 Å². The normalized spacial score (nSPS) is 22.6. The summed E-state index contributed by atoms with van der Waals surface area (Å²) in [4.78, 5) is 13.4. The van der Waals surface area contributed by atoms with Crippen LogP contribution in [0.4, 0.5) is 0 Å². The molecule has 20 heavy (non-hydrogen) atoms. The Bertz CT molecular complexity index is 274. The number of nitrogens with zero attached hydrogens (tertiary/aromatic N) is 1. The van der Waals surface area contributed by atoms with Gasteiger partial charge in [0, 0.05) is 32.9 Å². The van der Waals surface area contributed by atoms with Gasteiger partial charge in [-0.1, -0.05) is 6.92 Å². The summed E-state index contributed by atoms with van der Waals surface area (Å²) in [6, 6.07) is -0.0324. The van der Waals surface area contributed by atoms with Crippen LogP contribution >= 0.6 is 0 Å². The third-order valence-corrected chi connectivity index (χ3v) is 3.51. The van der Waals surface area contributed by atoms with Gasteiger partial charge in [-0.25, -0.2) is 0 Å². The number of carboxylic acids is 1. The Morgan fingerprint density at radius 3 is 2.75 bits per heavy atom. The molecule has 2 unspecified atom stereocenters. The fourth-order valence-electron chi connectivity index (χ4n) is 2.46. The molecule has 6 heteroatoms. The molecule has 1 fully saturated rings. The molecule has 2 atom stereocenters. The molecule has 1 aliphatic rings. The predicted octanol–water partition coefficient (Wildman–Crippen LogP) is 0.851. The summed E-state index contributed by atoms with van der Waals surface area (Å²) in [6.45, 7) is 6.53. The van der Waals surface area contributed by atoms with Crippen molar-refractivity contribution in [2.45, 2.75) is 25.8 Å². The number of carbonyl (C=O) groups is 1. The summed E-state index contributed by atoms with van der Waals surface area (Å²) in [7, 11) is 1.68. The van der Waals surface area contributed by atoms with Crippen molar-refractivity contribution >= 4 is 5.97 Å². The van der Waals surface area contributed by atoms with E-state index < -0.39 is 11.9 Å².